The highest BCUT2D eigenvalue weighted by Gasteiger charge is 2.18. The van der Waals surface area contributed by atoms with E-state index in [9.17, 15) is 5.11 Å². The van der Waals surface area contributed by atoms with Gasteiger partial charge in [-0.1, -0.05) is 25.1 Å². The van der Waals surface area contributed by atoms with Crippen LogP contribution >= 0.6 is 0 Å². The van der Waals surface area contributed by atoms with E-state index in [4.69, 9.17) is 4.42 Å². The SMILES string of the molecule is CC[C@H](CO)NC(C)c1oc2ccccc2c1C. The highest BCUT2D eigenvalue weighted by molar-refractivity contribution is 5.82. The van der Waals surface area contributed by atoms with Crippen LogP contribution in [-0.4, -0.2) is 17.8 Å². The first-order valence-electron chi connectivity index (χ1n) is 6.52. The Morgan fingerprint density at radius 1 is 1.33 bits per heavy atom. The summed E-state index contributed by atoms with van der Waals surface area (Å²) >= 11 is 0. The molecule has 0 aliphatic carbocycles. The van der Waals surface area contributed by atoms with Gasteiger partial charge < -0.3 is 14.8 Å². The van der Waals surface area contributed by atoms with Crippen LogP contribution in [0.5, 0.6) is 0 Å². The fourth-order valence-electron chi connectivity index (χ4n) is 2.34. The van der Waals surface area contributed by atoms with Crippen molar-refractivity contribution >= 4 is 11.0 Å². The minimum Gasteiger partial charge on any atom is -0.459 e. The van der Waals surface area contributed by atoms with E-state index in [1.54, 1.807) is 0 Å². The molecule has 2 atom stereocenters. The Morgan fingerprint density at radius 2 is 2.06 bits per heavy atom. The van der Waals surface area contributed by atoms with Gasteiger partial charge in [-0.05, 0) is 31.9 Å². The van der Waals surface area contributed by atoms with Crippen molar-refractivity contribution in [1.82, 2.24) is 5.32 Å². The summed E-state index contributed by atoms with van der Waals surface area (Å²) in [6.07, 6.45) is 0.903. The lowest BCUT2D eigenvalue weighted by atomic mass is 10.1. The van der Waals surface area contributed by atoms with E-state index in [1.807, 2.05) is 18.2 Å². The van der Waals surface area contributed by atoms with Crippen LogP contribution in [0.2, 0.25) is 0 Å². The Hall–Kier alpha value is -1.32. The van der Waals surface area contributed by atoms with Crippen molar-refractivity contribution < 1.29 is 9.52 Å². The first-order valence-corrected chi connectivity index (χ1v) is 6.52. The molecule has 1 unspecified atom stereocenters. The van der Waals surface area contributed by atoms with Crippen LogP contribution in [0.15, 0.2) is 28.7 Å². The third-order valence-electron chi connectivity index (χ3n) is 3.47. The number of hydrogen-bond donors (Lipinski definition) is 2. The third kappa shape index (κ3) is 2.42. The van der Waals surface area contributed by atoms with Crippen molar-refractivity contribution in [2.45, 2.75) is 39.3 Å². The number of para-hydroxylation sites is 1. The lowest BCUT2D eigenvalue weighted by molar-refractivity contribution is 0.225. The van der Waals surface area contributed by atoms with Gasteiger partial charge in [0.2, 0.25) is 0 Å². The highest BCUT2D eigenvalue weighted by Crippen LogP contribution is 2.29. The third-order valence-corrected chi connectivity index (χ3v) is 3.47. The van der Waals surface area contributed by atoms with E-state index >= 15 is 0 Å². The van der Waals surface area contributed by atoms with Crippen molar-refractivity contribution in [3.63, 3.8) is 0 Å². The quantitative estimate of drug-likeness (QED) is 0.853. The number of fused-ring (bicyclic) bond motifs is 1. The summed E-state index contributed by atoms with van der Waals surface area (Å²) in [6.45, 7) is 6.37. The molecular weight excluding hydrogens is 226 g/mol. The molecule has 0 spiro atoms. The maximum atomic E-state index is 9.24. The normalized spacial score (nSPS) is 14.9. The minimum absolute atomic E-state index is 0.106. The molecule has 0 radical (unpaired) electrons. The first kappa shape index (κ1) is 13.1. The van der Waals surface area contributed by atoms with Gasteiger partial charge in [0, 0.05) is 11.4 Å². The molecule has 1 aromatic heterocycles. The number of aryl methyl sites for hydroxylation is 1. The fraction of sp³-hybridized carbons (Fsp3) is 0.467. The molecule has 0 saturated heterocycles. The van der Waals surface area contributed by atoms with Crippen LogP contribution in [0.3, 0.4) is 0 Å². The maximum absolute atomic E-state index is 9.24. The highest BCUT2D eigenvalue weighted by atomic mass is 16.3. The summed E-state index contributed by atoms with van der Waals surface area (Å²) < 4.78 is 5.91. The van der Waals surface area contributed by atoms with Crippen molar-refractivity contribution in [3.8, 4) is 0 Å². The van der Waals surface area contributed by atoms with E-state index in [1.165, 1.54) is 5.56 Å². The van der Waals surface area contributed by atoms with E-state index in [-0.39, 0.29) is 18.7 Å². The zero-order valence-electron chi connectivity index (χ0n) is 11.2. The molecule has 0 aliphatic heterocycles. The van der Waals surface area contributed by atoms with Gasteiger partial charge in [-0.2, -0.15) is 0 Å². The lowest BCUT2D eigenvalue weighted by Crippen LogP contribution is -2.33. The summed E-state index contributed by atoms with van der Waals surface area (Å²) in [5.74, 6) is 0.961. The average molecular weight is 247 g/mol. The largest absolute Gasteiger partial charge is 0.459 e. The van der Waals surface area contributed by atoms with Crippen molar-refractivity contribution in [2.75, 3.05) is 6.61 Å². The molecule has 0 amide bonds. The molecule has 2 N–H and O–H groups in total. The van der Waals surface area contributed by atoms with Gasteiger partial charge >= 0.3 is 0 Å². The summed E-state index contributed by atoms with van der Waals surface area (Å²) in [5, 5.41) is 13.8. The molecule has 1 aromatic carbocycles. The summed E-state index contributed by atoms with van der Waals surface area (Å²) in [5.41, 5.74) is 2.11. The molecule has 0 aliphatic rings. The molecule has 0 bridgehead atoms. The lowest BCUT2D eigenvalue weighted by Gasteiger charge is -2.19. The van der Waals surface area contributed by atoms with E-state index in [0.29, 0.717) is 0 Å². The Labute approximate surface area is 108 Å². The number of benzene rings is 1. The summed E-state index contributed by atoms with van der Waals surface area (Å²) in [6, 6.07) is 8.29. The Balaban J connectivity index is 2.27. The van der Waals surface area contributed by atoms with Gasteiger partial charge in [0.1, 0.15) is 11.3 Å². The smallest absolute Gasteiger partial charge is 0.134 e. The molecule has 2 aromatic rings. The maximum Gasteiger partial charge on any atom is 0.134 e. The molecule has 3 nitrogen and oxygen atoms in total. The van der Waals surface area contributed by atoms with Crippen LogP contribution in [0, 0.1) is 6.92 Å². The molecule has 98 valence electrons. The van der Waals surface area contributed by atoms with E-state index in [0.717, 1.165) is 23.2 Å². The molecular formula is C15H21NO2. The Kier molecular flexibility index (Phi) is 4.04. The summed E-state index contributed by atoms with van der Waals surface area (Å²) in [4.78, 5) is 0. The zero-order valence-corrected chi connectivity index (χ0v) is 11.2. The second-order valence-corrected chi connectivity index (χ2v) is 4.76. The van der Waals surface area contributed by atoms with Crippen molar-refractivity contribution in [2.24, 2.45) is 0 Å². The van der Waals surface area contributed by atoms with Crippen LogP contribution in [0.1, 0.15) is 37.6 Å². The Morgan fingerprint density at radius 3 is 2.67 bits per heavy atom. The number of hydrogen-bond acceptors (Lipinski definition) is 3. The predicted octanol–water partition coefficient (Wildman–Crippen LogP) is 3.16. The number of aliphatic hydroxyl groups excluding tert-OH is 1. The Bertz CT molecular complexity index is 514. The number of aliphatic hydroxyl groups is 1. The molecule has 18 heavy (non-hydrogen) atoms. The molecule has 0 fully saturated rings. The number of nitrogens with one attached hydrogen (secondary N) is 1. The van der Waals surface area contributed by atoms with Gasteiger partial charge in [-0.15, -0.1) is 0 Å². The molecule has 0 saturated carbocycles. The van der Waals surface area contributed by atoms with Crippen LogP contribution in [0.4, 0.5) is 0 Å². The van der Waals surface area contributed by atoms with Gasteiger partial charge in [-0.25, -0.2) is 0 Å². The topological polar surface area (TPSA) is 45.4 Å². The minimum atomic E-state index is 0.106. The molecule has 3 heteroatoms. The summed E-state index contributed by atoms with van der Waals surface area (Å²) in [7, 11) is 0. The number of rotatable bonds is 5. The van der Waals surface area contributed by atoms with Gasteiger partial charge in [-0.3, -0.25) is 0 Å². The molecule has 1 heterocycles. The van der Waals surface area contributed by atoms with Crippen molar-refractivity contribution in [3.05, 3.63) is 35.6 Å². The predicted molar refractivity (Wildman–Crippen MR) is 73.7 cm³/mol. The van der Waals surface area contributed by atoms with E-state index in [2.05, 4.69) is 32.2 Å². The molecule has 2 rings (SSSR count). The monoisotopic (exact) mass is 247 g/mol. The second-order valence-electron chi connectivity index (χ2n) is 4.76. The average Bonchev–Trinajstić information content (AvgIpc) is 2.74. The van der Waals surface area contributed by atoms with Gasteiger partial charge in [0.05, 0.1) is 12.6 Å². The standard InChI is InChI=1S/C15H21NO2/c1-4-12(9-17)16-11(3)15-10(2)13-7-5-6-8-14(13)18-15/h5-8,11-12,16-17H,4,9H2,1-3H3/t11?,12-/m1/s1. The zero-order chi connectivity index (χ0) is 13.1. The van der Waals surface area contributed by atoms with Crippen LogP contribution in [0.25, 0.3) is 11.0 Å². The first-order chi connectivity index (χ1) is 8.67. The van der Waals surface area contributed by atoms with Gasteiger partial charge in [0.25, 0.3) is 0 Å². The fourth-order valence-corrected chi connectivity index (χ4v) is 2.34. The van der Waals surface area contributed by atoms with Crippen molar-refractivity contribution in [1.29, 1.82) is 0 Å². The van der Waals surface area contributed by atoms with E-state index < -0.39 is 0 Å². The van der Waals surface area contributed by atoms with Crippen LogP contribution in [-0.2, 0) is 0 Å². The van der Waals surface area contributed by atoms with Gasteiger partial charge in [0.15, 0.2) is 0 Å². The number of furan rings is 1. The van der Waals surface area contributed by atoms with Crippen LogP contribution < -0.4 is 5.32 Å². The second kappa shape index (κ2) is 5.55.